The van der Waals surface area contributed by atoms with Gasteiger partial charge in [0.25, 0.3) is 5.91 Å². The Hall–Kier alpha value is -2.84. The van der Waals surface area contributed by atoms with E-state index in [1.807, 2.05) is 0 Å². The summed E-state index contributed by atoms with van der Waals surface area (Å²) in [7, 11) is 0. The average Bonchev–Trinajstić information content (AvgIpc) is 3.26. The molecule has 1 aliphatic rings. The summed E-state index contributed by atoms with van der Waals surface area (Å²) in [4.78, 5) is 20.0. The number of benzene rings is 2. The van der Waals surface area contributed by atoms with Crippen molar-refractivity contribution in [2.24, 2.45) is 0 Å². The first-order valence-corrected chi connectivity index (χ1v) is 11.6. The molecule has 1 saturated carbocycles. The van der Waals surface area contributed by atoms with E-state index in [2.05, 4.69) is 15.3 Å². The first-order valence-electron chi connectivity index (χ1n) is 10.8. The molecule has 2 aromatic carbocycles. The number of amides is 1. The molecular weight excluding hydrogens is 487 g/mol. The van der Waals surface area contributed by atoms with Crippen molar-refractivity contribution < 1.29 is 23.0 Å². The van der Waals surface area contributed by atoms with Gasteiger partial charge in [-0.05, 0) is 43.5 Å². The van der Waals surface area contributed by atoms with Crippen LogP contribution in [0.2, 0.25) is 10.0 Å². The van der Waals surface area contributed by atoms with Gasteiger partial charge >= 0.3 is 0 Å². The van der Waals surface area contributed by atoms with Gasteiger partial charge < -0.3 is 19.8 Å². The number of halogens is 4. The predicted octanol–water partition coefficient (Wildman–Crippen LogP) is 5.58. The topological polar surface area (TPSA) is 76.2 Å². The molecule has 1 aliphatic carbocycles. The summed E-state index contributed by atoms with van der Waals surface area (Å²) in [5.74, 6) is 0.0173. The lowest BCUT2D eigenvalue weighted by molar-refractivity contribution is -0.123. The zero-order valence-electron chi connectivity index (χ0n) is 18.2. The minimum Gasteiger partial charge on any atom is -0.487 e. The highest BCUT2D eigenvalue weighted by atomic mass is 35.5. The number of carbonyl (C=O) groups is 1. The molecule has 3 aromatic rings. The zero-order chi connectivity index (χ0) is 24.1. The fourth-order valence-electron chi connectivity index (χ4n) is 3.85. The fourth-order valence-corrected chi connectivity index (χ4v) is 4.08. The second kappa shape index (κ2) is 10.6. The van der Waals surface area contributed by atoms with Crippen LogP contribution in [0.15, 0.2) is 42.6 Å². The second-order valence-corrected chi connectivity index (χ2v) is 9.02. The number of imidazole rings is 1. The van der Waals surface area contributed by atoms with Crippen LogP contribution in [0.25, 0.3) is 0 Å². The summed E-state index contributed by atoms with van der Waals surface area (Å²) < 4.78 is 38.0. The third kappa shape index (κ3) is 5.80. The Kier molecular flexibility index (Phi) is 7.58. The summed E-state index contributed by atoms with van der Waals surface area (Å²) in [6.45, 7) is 0.419. The number of hydrogen-bond acceptors (Lipinski definition) is 4. The van der Waals surface area contributed by atoms with E-state index in [4.69, 9.17) is 32.7 Å². The number of ether oxygens (including phenoxy) is 2. The molecule has 0 spiro atoms. The van der Waals surface area contributed by atoms with Crippen LogP contribution in [0.1, 0.15) is 37.2 Å². The lowest BCUT2D eigenvalue weighted by Gasteiger charge is -2.40. The highest BCUT2D eigenvalue weighted by Gasteiger charge is 2.40. The molecule has 1 amide bonds. The minimum atomic E-state index is -0.602. The molecular formula is C24H23Cl2F2N3O3. The summed E-state index contributed by atoms with van der Waals surface area (Å²) in [5, 5.41) is 2.87. The number of H-pyrrole nitrogens is 1. The molecule has 34 heavy (non-hydrogen) atoms. The first kappa shape index (κ1) is 24.3. The Balaban J connectivity index is 1.25. The molecule has 6 nitrogen and oxygen atoms in total. The summed E-state index contributed by atoms with van der Waals surface area (Å²) in [6.07, 6.45) is 5.49. The van der Waals surface area contributed by atoms with Gasteiger partial charge in [0.1, 0.15) is 35.6 Å². The van der Waals surface area contributed by atoms with E-state index in [1.165, 1.54) is 24.3 Å². The van der Waals surface area contributed by atoms with Crippen LogP contribution in [-0.4, -0.2) is 29.0 Å². The van der Waals surface area contributed by atoms with Crippen LogP contribution in [0.4, 0.5) is 8.78 Å². The third-order valence-corrected chi connectivity index (χ3v) is 6.52. The largest absolute Gasteiger partial charge is 0.487 e. The number of nitrogens with zero attached hydrogens (tertiary/aromatic N) is 1. The number of aromatic nitrogens is 2. The van der Waals surface area contributed by atoms with Crippen LogP contribution >= 0.6 is 23.2 Å². The molecule has 0 saturated heterocycles. The highest BCUT2D eigenvalue weighted by molar-refractivity contribution is 6.31. The molecule has 0 atom stereocenters. The van der Waals surface area contributed by atoms with Gasteiger partial charge in [-0.25, -0.2) is 13.8 Å². The van der Waals surface area contributed by atoms with E-state index in [1.54, 1.807) is 12.3 Å². The molecule has 180 valence electrons. The molecule has 10 heteroatoms. The van der Waals surface area contributed by atoms with E-state index in [0.717, 1.165) is 31.2 Å². The van der Waals surface area contributed by atoms with Gasteiger partial charge in [-0.15, -0.1) is 0 Å². The van der Waals surface area contributed by atoms with Crippen LogP contribution in [-0.2, 0) is 16.8 Å². The van der Waals surface area contributed by atoms with Gasteiger partial charge in [-0.2, -0.15) is 0 Å². The van der Waals surface area contributed by atoms with E-state index in [9.17, 15) is 13.6 Å². The van der Waals surface area contributed by atoms with Gasteiger partial charge in [0.15, 0.2) is 6.61 Å². The Morgan fingerprint density at radius 2 is 1.71 bits per heavy atom. The second-order valence-electron chi connectivity index (χ2n) is 8.20. The number of rotatable bonds is 10. The Morgan fingerprint density at radius 1 is 1.06 bits per heavy atom. The zero-order valence-corrected chi connectivity index (χ0v) is 19.7. The maximum atomic E-state index is 13.6. The van der Waals surface area contributed by atoms with Crippen LogP contribution in [0.5, 0.6) is 11.5 Å². The molecule has 1 aromatic heterocycles. The lowest BCUT2D eigenvalue weighted by atomic mass is 9.66. The predicted molar refractivity (Wildman–Crippen MR) is 124 cm³/mol. The van der Waals surface area contributed by atoms with Crippen molar-refractivity contribution in [2.75, 3.05) is 13.2 Å². The van der Waals surface area contributed by atoms with Crippen LogP contribution in [0.3, 0.4) is 0 Å². The van der Waals surface area contributed by atoms with E-state index >= 15 is 0 Å². The van der Waals surface area contributed by atoms with Gasteiger partial charge in [-0.3, -0.25) is 4.79 Å². The Morgan fingerprint density at radius 3 is 2.29 bits per heavy atom. The standard InChI is InChI=1S/C24H23Cl2F2N3O3/c25-18-4-2-16(10-20(18)27)33-13-15-12-30-23(31-15)24(6-1-7-24)8-9-29-22(32)14-34-17-3-5-19(26)21(28)11-17/h2-5,10-12H,1,6-9,13-14H2,(H,29,32)(H,30,31). The lowest BCUT2D eigenvalue weighted by Crippen LogP contribution is -2.40. The first-order chi connectivity index (χ1) is 16.3. The van der Waals surface area contributed by atoms with Crippen molar-refractivity contribution in [3.05, 3.63) is 75.8 Å². The number of hydrogen-bond donors (Lipinski definition) is 2. The van der Waals surface area contributed by atoms with Crippen LogP contribution in [0, 0.1) is 11.6 Å². The molecule has 0 radical (unpaired) electrons. The van der Waals surface area contributed by atoms with Crippen molar-refractivity contribution in [1.82, 2.24) is 15.3 Å². The molecule has 2 N–H and O–H groups in total. The minimum absolute atomic E-state index is 0.00544. The molecule has 0 aliphatic heterocycles. The Labute approximate surface area is 205 Å². The molecule has 1 fully saturated rings. The van der Waals surface area contributed by atoms with E-state index in [-0.39, 0.29) is 40.3 Å². The summed E-state index contributed by atoms with van der Waals surface area (Å²) in [6, 6.07) is 8.30. The summed E-state index contributed by atoms with van der Waals surface area (Å²) >= 11 is 11.3. The van der Waals surface area contributed by atoms with Gasteiger partial charge in [-0.1, -0.05) is 29.6 Å². The highest BCUT2D eigenvalue weighted by Crippen LogP contribution is 2.45. The van der Waals surface area contributed by atoms with Gasteiger partial charge in [0, 0.05) is 30.3 Å². The molecule has 1 heterocycles. The van der Waals surface area contributed by atoms with Crippen LogP contribution < -0.4 is 14.8 Å². The van der Waals surface area contributed by atoms with Gasteiger partial charge in [0.05, 0.1) is 15.7 Å². The maximum Gasteiger partial charge on any atom is 0.257 e. The van der Waals surface area contributed by atoms with E-state index < -0.39 is 11.6 Å². The SMILES string of the molecule is O=C(COc1ccc(Cl)c(F)c1)NCCC1(c2nc(COc3ccc(Cl)c(F)c3)c[nH]2)CCC1. The normalized spacial score (nSPS) is 14.4. The van der Waals surface area contributed by atoms with Crippen molar-refractivity contribution in [2.45, 2.75) is 37.7 Å². The smallest absolute Gasteiger partial charge is 0.257 e. The summed E-state index contributed by atoms with van der Waals surface area (Å²) in [5.41, 5.74) is 0.558. The molecule has 4 rings (SSSR count). The van der Waals surface area contributed by atoms with Crippen molar-refractivity contribution >= 4 is 29.1 Å². The molecule has 0 bridgehead atoms. The Bertz CT molecular complexity index is 1170. The van der Waals surface area contributed by atoms with Crippen molar-refractivity contribution in [3.8, 4) is 11.5 Å². The third-order valence-electron chi connectivity index (χ3n) is 5.91. The average molecular weight is 510 g/mol. The quantitative estimate of drug-likeness (QED) is 0.374. The van der Waals surface area contributed by atoms with Crippen molar-refractivity contribution in [3.63, 3.8) is 0 Å². The van der Waals surface area contributed by atoms with E-state index in [0.29, 0.717) is 24.4 Å². The fraction of sp³-hybridized carbons (Fsp3) is 0.333. The number of aromatic amines is 1. The number of carbonyl (C=O) groups excluding carboxylic acids is 1. The maximum absolute atomic E-state index is 13.6. The van der Waals surface area contributed by atoms with Crippen molar-refractivity contribution in [1.29, 1.82) is 0 Å². The monoisotopic (exact) mass is 509 g/mol. The van der Waals surface area contributed by atoms with Gasteiger partial charge in [0.2, 0.25) is 0 Å². The molecule has 0 unspecified atom stereocenters. The number of nitrogens with one attached hydrogen (secondary N) is 2.